The topological polar surface area (TPSA) is 46.6 Å². The maximum atomic E-state index is 12.3. The summed E-state index contributed by atoms with van der Waals surface area (Å²) in [5.74, 6) is -0.893. The van der Waals surface area contributed by atoms with Gasteiger partial charge in [0.25, 0.3) is 0 Å². The van der Waals surface area contributed by atoms with E-state index in [0.29, 0.717) is 6.42 Å². The number of Topliss-reactive ketones (excluding diaryl/α,β-unsaturated/α-hetero) is 1. The fourth-order valence-corrected chi connectivity index (χ4v) is 3.75. The molecule has 2 bridgehead atoms. The zero-order valence-electron chi connectivity index (χ0n) is 13.2. The first-order valence-corrected chi connectivity index (χ1v) is 8.09. The maximum absolute atomic E-state index is 12.3. The molecule has 0 aromatic heterocycles. The standard InChI is InChI=1S/C18H23NO3/c1-12(2)22-18(21)17-15-9-8-14(10-16(17)20)19(15)11-13-6-4-3-5-7-13/h3-7,12,14-15,17H,8-11H2,1-2H3/t14-,15+,17-/m0/s1. The Hall–Kier alpha value is -1.68. The largest absolute Gasteiger partial charge is 0.462 e. The number of carbonyl (C=O) groups excluding carboxylic acids is 2. The molecule has 1 aromatic carbocycles. The summed E-state index contributed by atoms with van der Waals surface area (Å²) >= 11 is 0. The van der Waals surface area contributed by atoms with Crippen LogP contribution in [0.1, 0.15) is 38.7 Å². The van der Waals surface area contributed by atoms with Gasteiger partial charge in [-0.25, -0.2) is 0 Å². The lowest BCUT2D eigenvalue weighted by molar-refractivity contribution is -0.160. The van der Waals surface area contributed by atoms with E-state index in [1.807, 2.05) is 32.0 Å². The molecule has 1 aromatic rings. The van der Waals surface area contributed by atoms with Gasteiger partial charge in [-0.2, -0.15) is 0 Å². The minimum atomic E-state index is -0.607. The Bertz CT molecular complexity index is 555. The fourth-order valence-electron chi connectivity index (χ4n) is 3.75. The van der Waals surface area contributed by atoms with Crippen molar-refractivity contribution in [3.05, 3.63) is 35.9 Å². The minimum Gasteiger partial charge on any atom is -0.462 e. The molecule has 0 amide bonds. The van der Waals surface area contributed by atoms with Crippen molar-refractivity contribution in [1.82, 2.24) is 4.90 Å². The van der Waals surface area contributed by atoms with Gasteiger partial charge in [0.2, 0.25) is 0 Å². The lowest BCUT2D eigenvalue weighted by Gasteiger charge is -2.38. The van der Waals surface area contributed by atoms with E-state index < -0.39 is 5.92 Å². The summed E-state index contributed by atoms with van der Waals surface area (Å²) in [6, 6.07) is 10.5. The van der Waals surface area contributed by atoms with Crippen molar-refractivity contribution in [1.29, 1.82) is 0 Å². The highest BCUT2D eigenvalue weighted by molar-refractivity contribution is 6.01. The van der Waals surface area contributed by atoms with Crippen LogP contribution in [0.4, 0.5) is 0 Å². The molecule has 2 saturated heterocycles. The molecular formula is C18H23NO3. The molecule has 0 radical (unpaired) electrons. The molecule has 2 aliphatic rings. The van der Waals surface area contributed by atoms with Crippen LogP contribution in [0.15, 0.2) is 30.3 Å². The summed E-state index contributed by atoms with van der Waals surface area (Å²) in [6.07, 6.45) is 2.19. The molecule has 4 nitrogen and oxygen atoms in total. The van der Waals surface area contributed by atoms with Crippen LogP contribution in [0.2, 0.25) is 0 Å². The van der Waals surface area contributed by atoms with Gasteiger partial charge in [0.05, 0.1) is 6.10 Å². The average molecular weight is 301 g/mol. The highest BCUT2D eigenvalue weighted by Crippen LogP contribution is 2.39. The number of carbonyl (C=O) groups is 2. The summed E-state index contributed by atoms with van der Waals surface area (Å²) in [4.78, 5) is 27.0. The Balaban J connectivity index is 1.78. The molecule has 0 aliphatic carbocycles. The molecule has 3 rings (SSSR count). The first-order chi connectivity index (χ1) is 10.6. The smallest absolute Gasteiger partial charge is 0.318 e. The van der Waals surface area contributed by atoms with Crippen LogP contribution in [0.3, 0.4) is 0 Å². The fraction of sp³-hybridized carbons (Fsp3) is 0.556. The van der Waals surface area contributed by atoms with Gasteiger partial charge in [-0.3, -0.25) is 14.5 Å². The van der Waals surface area contributed by atoms with Crippen molar-refractivity contribution in [3.8, 4) is 0 Å². The molecule has 4 heteroatoms. The second-order valence-electron chi connectivity index (χ2n) is 6.59. The summed E-state index contributed by atoms with van der Waals surface area (Å²) in [7, 11) is 0. The Morgan fingerprint density at radius 1 is 1.27 bits per heavy atom. The van der Waals surface area contributed by atoms with E-state index in [1.165, 1.54) is 5.56 Å². The zero-order chi connectivity index (χ0) is 15.7. The van der Waals surface area contributed by atoms with Crippen molar-refractivity contribution in [3.63, 3.8) is 0 Å². The van der Waals surface area contributed by atoms with Gasteiger partial charge >= 0.3 is 5.97 Å². The molecule has 2 fully saturated rings. The molecule has 22 heavy (non-hydrogen) atoms. The number of rotatable bonds is 4. The van der Waals surface area contributed by atoms with Gasteiger partial charge < -0.3 is 4.74 Å². The SMILES string of the molecule is CC(C)OC(=O)[C@@H]1C(=O)C[C@@H]2CC[C@H]1N2Cc1ccccc1. The summed E-state index contributed by atoms with van der Waals surface area (Å²) < 4.78 is 5.32. The third-order valence-corrected chi connectivity index (χ3v) is 4.67. The zero-order valence-corrected chi connectivity index (χ0v) is 13.2. The molecular weight excluding hydrogens is 278 g/mol. The van der Waals surface area contributed by atoms with Crippen molar-refractivity contribution in [2.45, 2.75) is 57.8 Å². The Labute approximate surface area is 131 Å². The predicted octanol–water partition coefficient (Wildman–Crippen LogP) is 2.56. The number of piperidine rings is 1. The van der Waals surface area contributed by atoms with Crippen LogP contribution in [-0.2, 0) is 20.9 Å². The second kappa shape index (κ2) is 6.21. The van der Waals surface area contributed by atoms with Crippen LogP contribution in [0, 0.1) is 5.92 Å². The number of fused-ring (bicyclic) bond motifs is 2. The number of ketones is 1. The lowest BCUT2D eigenvalue weighted by Crippen LogP contribution is -2.52. The summed E-state index contributed by atoms with van der Waals surface area (Å²) in [5.41, 5.74) is 1.23. The number of esters is 1. The van der Waals surface area contributed by atoms with E-state index in [-0.39, 0.29) is 29.9 Å². The number of hydrogen-bond donors (Lipinski definition) is 0. The van der Waals surface area contributed by atoms with Gasteiger partial charge in [-0.05, 0) is 32.3 Å². The van der Waals surface area contributed by atoms with Crippen LogP contribution in [0.5, 0.6) is 0 Å². The number of benzene rings is 1. The van der Waals surface area contributed by atoms with Crippen LogP contribution < -0.4 is 0 Å². The van der Waals surface area contributed by atoms with E-state index in [0.717, 1.165) is 19.4 Å². The third kappa shape index (κ3) is 2.93. The van der Waals surface area contributed by atoms with Crippen molar-refractivity contribution in [2.24, 2.45) is 5.92 Å². The van der Waals surface area contributed by atoms with Gasteiger partial charge in [0.1, 0.15) is 11.7 Å². The van der Waals surface area contributed by atoms with E-state index >= 15 is 0 Å². The molecule has 3 atom stereocenters. The van der Waals surface area contributed by atoms with Crippen LogP contribution >= 0.6 is 0 Å². The Morgan fingerprint density at radius 3 is 2.68 bits per heavy atom. The highest BCUT2D eigenvalue weighted by atomic mass is 16.5. The summed E-state index contributed by atoms with van der Waals surface area (Å²) in [5, 5.41) is 0. The molecule has 0 spiro atoms. The van der Waals surface area contributed by atoms with E-state index in [1.54, 1.807) is 0 Å². The minimum absolute atomic E-state index is 0.00212. The first-order valence-electron chi connectivity index (χ1n) is 8.09. The number of ether oxygens (including phenoxy) is 1. The third-order valence-electron chi connectivity index (χ3n) is 4.67. The number of nitrogens with zero attached hydrogens (tertiary/aromatic N) is 1. The molecule has 0 unspecified atom stereocenters. The van der Waals surface area contributed by atoms with Crippen LogP contribution in [0.25, 0.3) is 0 Å². The van der Waals surface area contributed by atoms with Gasteiger partial charge in [-0.1, -0.05) is 30.3 Å². The van der Waals surface area contributed by atoms with Crippen LogP contribution in [-0.4, -0.2) is 34.8 Å². The molecule has 0 saturated carbocycles. The quantitative estimate of drug-likeness (QED) is 0.633. The predicted molar refractivity (Wildman–Crippen MR) is 83.1 cm³/mol. The van der Waals surface area contributed by atoms with E-state index in [9.17, 15) is 9.59 Å². The lowest BCUT2D eigenvalue weighted by atomic mass is 9.88. The maximum Gasteiger partial charge on any atom is 0.318 e. The van der Waals surface area contributed by atoms with Crippen molar-refractivity contribution >= 4 is 11.8 Å². The van der Waals surface area contributed by atoms with Gasteiger partial charge in [-0.15, -0.1) is 0 Å². The number of hydrogen-bond acceptors (Lipinski definition) is 4. The van der Waals surface area contributed by atoms with E-state index in [4.69, 9.17) is 4.74 Å². The summed E-state index contributed by atoms with van der Waals surface area (Å²) in [6.45, 7) is 4.45. The molecule has 2 aliphatic heterocycles. The van der Waals surface area contributed by atoms with Gasteiger partial charge in [0.15, 0.2) is 0 Å². The van der Waals surface area contributed by atoms with E-state index in [2.05, 4.69) is 17.0 Å². The molecule has 2 heterocycles. The van der Waals surface area contributed by atoms with Crippen molar-refractivity contribution < 1.29 is 14.3 Å². The monoisotopic (exact) mass is 301 g/mol. The first kappa shape index (κ1) is 15.2. The highest BCUT2D eigenvalue weighted by Gasteiger charge is 2.50. The second-order valence-corrected chi connectivity index (χ2v) is 6.59. The van der Waals surface area contributed by atoms with Gasteiger partial charge in [0, 0.05) is 25.0 Å². The molecule has 118 valence electrons. The normalized spacial score (nSPS) is 28.1. The Kier molecular flexibility index (Phi) is 4.30. The van der Waals surface area contributed by atoms with Crippen molar-refractivity contribution in [2.75, 3.05) is 0 Å². The average Bonchev–Trinajstić information content (AvgIpc) is 2.74. The Morgan fingerprint density at radius 2 is 2.00 bits per heavy atom. The molecule has 0 N–H and O–H groups in total.